The lowest BCUT2D eigenvalue weighted by molar-refractivity contribution is 0.134. The largest absolute Gasteiger partial charge is 0.477 e. The quantitative estimate of drug-likeness (QED) is 0.471. The third-order valence-electron chi connectivity index (χ3n) is 5.50. The standard InChI is InChI=1S/C24H28N4O3S/c1-27-16-13-26-23(27)32-18-20-9-14-28(15-10-20)24(29)31-21-7-5-19(6-8-21)11-17-30-22-4-2-3-12-25-22/h2-8,12-13,16,20H,9-11,14-15,17-18H2,1H3. The average molecular weight is 453 g/mol. The fourth-order valence-corrected chi connectivity index (χ4v) is 4.68. The predicted molar refractivity (Wildman–Crippen MR) is 124 cm³/mol. The Kier molecular flexibility index (Phi) is 7.66. The van der Waals surface area contributed by atoms with Crippen LogP contribution < -0.4 is 9.47 Å². The Hall–Kier alpha value is -3.00. The second-order valence-electron chi connectivity index (χ2n) is 7.84. The van der Waals surface area contributed by atoms with Gasteiger partial charge < -0.3 is 18.9 Å². The monoisotopic (exact) mass is 452 g/mol. The number of aryl methyl sites for hydroxylation is 1. The number of hydrogen-bond donors (Lipinski definition) is 0. The van der Waals surface area contributed by atoms with Gasteiger partial charge >= 0.3 is 6.09 Å². The smallest absolute Gasteiger partial charge is 0.415 e. The lowest BCUT2D eigenvalue weighted by Crippen LogP contribution is -2.40. The molecule has 1 aliphatic heterocycles. The fraction of sp³-hybridized carbons (Fsp3) is 0.375. The molecule has 1 fully saturated rings. The van der Waals surface area contributed by atoms with E-state index in [0.29, 0.717) is 24.2 Å². The molecule has 3 heterocycles. The molecule has 1 aliphatic rings. The topological polar surface area (TPSA) is 69.5 Å². The van der Waals surface area contributed by atoms with Crippen LogP contribution in [0.2, 0.25) is 0 Å². The van der Waals surface area contributed by atoms with Crippen LogP contribution in [0.4, 0.5) is 4.79 Å². The second kappa shape index (κ2) is 11.0. The number of nitrogens with zero attached hydrogens (tertiary/aromatic N) is 4. The molecule has 0 saturated carbocycles. The Morgan fingerprint density at radius 2 is 1.91 bits per heavy atom. The van der Waals surface area contributed by atoms with Gasteiger partial charge in [-0.05, 0) is 42.5 Å². The molecule has 0 atom stereocenters. The normalized spacial score (nSPS) is 14.3. The Balaban J connectivity index is 1.17. The zero-order valence-corrected chi connectivity index (χ0v) is 19.0. The van der Waals surface area contributed by atoms with Crippen LogP contribution in [0, 0.1) is 5.92 Å². The summed E-state index contributed by atoms with van der Waals surface area (Å²) in [7, 11) is 2.01. The van der Waals surface area contributed by atoms with Crippen LogP contribution in [0.3, 0.4) is 0 Å². The molecular weight excluding hydrogens is 424 g/mol. The highest BCUT2D eigenvalue weighted by molar-refractivity contribution is 7.99. The van der Waals surface area contributed by atoms with Gasteiger partial charge in [-0.3, -0.25) is 0 Å². The number of ether oxygens (including phenoxy) is 2. The van der Waals surface area contributed by atoms with Gasteiger partial charge in [0.25, 0.3) is 0 Å². The fourth-order valence-electron chi connectivity index (χ4n) is 3.56. The maximum atomic E-state index is 12.5. The van der Waals surface area contributed by atoms with Crippen molar-refractivity contribution in [3.05, 3.63) is 66.6 Å². The molecule has 0 radical (unpaired) electrons. The number of piperidine rings is 1. The zero-order chi connectivity index (χ0) is 22.2. The van der Waals surface area contributed by atoms with Gasteiger partial charge in [0, 0.05) is 57.0 Å². The van der Waals surface area contributed by atoms with Crippen molar-refractivity contribution in [1.29, 1.82) is 0 Å². The summed E-state index contributed by atoms with van der Waals surface area (Å²) in [4.78, 5) is 22.8. The van der Waals surface area contributed by atoms with Crippen LogP contribution in [0.25, 0.3) is 0 Å². The Labute approximate surface area is 192 Å². The lowest BCUT2D eigenvalue weighted by Gasteiger charge is -2.31. The van der Waals surface area contributed by atoms with E-state index in [-0.39, 0.29) is 6.09 Å². The third kappa shape index (κ3) is 6.26. The van der Waals surface area contributed by atoms with Crippen molar-refractivity contribution in [2.75, 3.05) is 25.4 Å². The van der Waals surface area contributed by atoms with Crippen LogP contribution in [0.1, 0.15) is 18.4 Å². The molecule has 7 nitrogen and oxygen atoms in total. The number of likely N-dealkylation sites (tertiary alicyclic amines) is 1. The number of carbonyl (C=O) groups excluding carboxylic acids is 1. The molecule has 32 heavy (non-hydrogen) atoms. The van der Waals surface area contributed by atoms with Crippen LogP contribution in [-0.4, -0.2) is 51.0 Å². The van der Waals surface area contributed by atoms with E-state index in [9.17, 15) is 4.79 Å². The van der Waals surface area contributed by atoms with Gasteiger partial charge in [-0.2, -0.15) is 0 Å². The lowest BCUT2D eigenvalue weighted by atomic mass is 9.99. The van der Waals surface area contributed by atoms with E-state index in [0.717, 1.165) is 48.8 Å². The summed E-state index contributed by atoms with van der Waals surface area (Å²) >= 11 is 1.78. The number of rotatable bonds is 8. The zero-order valence-electron chi connectivity index (χ0n) is 18.2. The minimum atomic E-state index is -0.272. The number of carbonyl (C=O) groups is 1. The van der Waals surface area contributed by atoms with Crippen molar-refractivity contribution in [2.45, 2.75) is 24.4 Å². The van der Waals surface area contributed by atoms with Crippen molar-refractivity contribution in [1.82, 2.24) is 19.4 Å². The number of imidazole rings is 1. The number of thioether (sulfide) groups is 1. The Bertz CT molecular complexity index is 986. The predicted octanol–water partition coefficient (Wildman–Crippen LogP) is 4.44. The first-order chi connectivity index (χ1) is 15.7. The molecule has 0 unspecified atom stereocenters. The van der Waals surface area contributed by atoms with Gasteiger partial charge in [0.05, 0.1) is 6.61 Å². The molecule has 1 aromatic carbocycles. The maximum Gasteiger partial charge on any atom is 0.415 e. The first-order valence-electron chi connectivity index (χ1n) is 10.9. The summed E-state index contributed by atoms with van der Waals surface area (Å²) in [5.41, 5.74) is 1.12. The molecule has 0 spiro atoms. The number of amides is 1. The average Bonchev–Trinajstić information content (AvgIpc) is 3.24. The molecule has 3 aromatic rings. The number of benzene rings is 1. The Morgan fingerprint density at radius 1 is 1.09 bits per heavy atom. The number of hydrogen-bond acceptors (Lipinski definition) is 6. The van der Waals surface area contributed by atoms with Gasteiger partial charge in [0.1, 0.15) is 5.75 Å². The van der Waals surface area contributed by atoms with Crippen LogP contribution in [0.15, 0.2) is 66.2 Å². The first kappa shape index (κ1) is 22.2. The minimum absolute atomic E-state index is 0.272. The van der Waals surface area contributed by atoms with Gasteiger partial charge in [-0.1, -0.05) is 30.0 Å². The van der Waals surface area contributed by atoms with Crippen molar-refractivity contribution in [3.8, 4) is 11.6 Å². The summed E-state index contributed by atoms with van der Waals surface area (Å²) in [6, 6.07) is 13.2. The molecular formula is C24H28N4O3S. The molecule has 8 heteroatoms. The van der Waals surface area contributed by atoms with Gasteiger partial charge in [-0.15, -0.1) is 0 Å². The first-order valence-corrected chi connectivity index (χ1v) is 11.9. The molecule has 1 amide bonds. The highest BCUT2D eigenvalue weighted by atomic mass is 32.2. The van der Waals surface area contributed by atoms with Gasteiger partial charge in [0.15, 0.2) is 5.16 Å². The van der Waals surface area contributed by atoms with E-state index in [2.05, 4.69) is 9.97 Å². The number of pyridine rings is 1. The summed E-state index contributed by atoms with van der Waals surface area (Å²) in [5, 5.41) is 1.04. The maximum absolute atomic E-state index is 12.5. The molecule has 0 aliphatic carbocycles. The number of aromatic nitrogens is 3. The molecule has 2 aromatic heterocycles. The Morgan fingerprint density at radius 3 is 2.59 bits per heavy atom. The van der Waals surface area contributed by atoms with Crippen LogP contribution in [-0.2, 0) is 13.5 Å². The molecule has 4 rings (SSSR count). The van der Waals surface area contributed by atoms with Crippen molar-refractivity contribution in [3.63, 3.8) is 0 Å². The van der Waals surface area contributed by atoms with E-state index in [1.165, 1.54) is 0 Å². The van der Waals surface area contributed by atoms with E-state index in [4.69, 9.17) is 9.47 Å². The van der Waals surface area contributed by atoms with Crippen molar-refractivity contribution < 1.29 is 14.3 Å². The molecule has 168 valence electrons. The summed E-state index contributed by atoms with van der Waals surface area (Å²) in [5.74, 6) is 2.81. The summed E-state index contributed by atoms with van der Waals surface area (Å²) < 4.78 is 13.2. The van der Waals surface area contributed by atoms with E-state index in [1.807, 2.05) is 66.5 Å². The summed E-state index contributed by atoms with van der Waals surface area (Å²) in [6.45, 7) is 2.00. The third-order valence-corrected chi connectivity index (χ3v) is 6.79. The minimum Gasteiger partial charge on any atom is -0.477 e. The van der Waals surface area contributed by atoms with Crippen molar-refractivity contribution in [2.24, 2.45) is 13.0 Å². The second-order valence-corrected chi connectivity index (χ2v) is 8.83. The van der Waals surface area contributed by atoms with E-state index < -0.39 is 0 Å². The van der Waals surface area contributed by atoms with Gasteiger partial charge in [0.2, 0.25) is 5.88 Å². The molecule has 0 N–H and O–H groups in total. The van der Waals surface area contributed by atoms with Crippen LogP contribution in [0.5, 0.6) is 11.6 Å². The summed E-state index contributed by atoms with van der Waals surface area (Å²) in [6.07, 6.45) is 7.96. The van der Waals surface area contributed by atoms with Gasteiger partial charge in [-0.25, -0.2) is 14.8 Å². The van der Waals surface area contributed by atoms with E-state index >= 15 is 0 Å². The van der Waals surface area contributed by atoms with Crippen LogP contribution >= 0.6 is 11.8 Å². The van der Waals surface area contributed by atoms with Crippen molar-refractivity contribution >= 4 is 17.9 Å². The molecule has 0 bridgehead atoms. The highest BCUT2D eigenvalue weighted by Gasteiger charge is 2.24. The highest BCUT2D eigenvalue weighted by Crippen LogP contribution is 2.26. The molecule has 1 saturated heterocycles. The SMILES string of the molecule is Cn1ccnc1SCC1CCN(C(=O)Oc2ccc(CCOc3ccccn3)cc2)CC1. The van der Waals surface area contributed by atoms with E-state index in [1.54, 1.807) is 22.9 Å².